The third-order valence-corrected chi connectivity index (χ3v) is 4.34. The smallest absolute Gasteiger partial charge is 0.273 e. The van der Waals surface area contributed by atoms with Gasteiger partial charge in [-0.25, -0.2) is 0 Å². The van der Waals surface area contributed by atoms with Crippen LogP contribution in [0.2, 0.25) is 10.0 Å². The first kappa shape index (κ1) is 19.8. The minimum atomic E-state index is -0.269. The predicted molar refractivity (Wildman–Crippen MR) is 97.9 cm³/mol. The number of ether oxygens (including phenoxy) is 1. The number of rotatable bonds is 6. The highest BCUT2D eigenvalue weighted by Crippen LogP contribution is 2.32. The summed E-state index contributed by atoms with van der Waals surface area (Å²) in [5, 5.41) is 10.7. The van der Waals surface area contributed by atoms with Gasteiger partial charge in [0.1, 0.15) is 6.61 Å². The first-order valence-electron chi connectivity index (χ1n) is 7.67. The second kappa shape index (κ2) is 9.29. The van der Waals surface area contributed by atoms with Crippen molar-refractivity contribution in [2.75, 3.05) is 13.1 Å². The first-order chi connectivity index (χ1) is 11.6. The molecule has 1 fully saturated rings. The van der Waals surface area contributed by atoms with Gasteiger partial charge < -0.3 is 19.9 Å². The summed E-state index contributed by atoms with van der Waals surface area (Å²) in [5.74, 6) is 0.514. The molecular formula is C16H18Cl3N3O3. The number of hydrogen-bond donors (Lipinski definition) is 2. The van der Waals surface area contributed by atoms with Gasteiger partial charge in [-0.2, -0.15) is 0 Å². The monoisotopic (exact) mass is 405 g/mol. The van der Waals surface area contributed by atoms with Crippen LogP contribution >= 0.6 is 35.6 Å². The lowest BCUT2D eigenvalue weighted by Gasteiger charge is -2.09. The summed E-state index contributed by atoms with van der Waals surface area (Å²) in [6.07, 6.45) is 2.20. The van der Waals surface area contributed by atoms with Crippen LogP contribution in [0.15, 0.2) is 28.8 Å². The number of amides is 1. The molecule has 1 unspecified atom stereocenters. The third-order valence-electron chi connectivity index (χ3n) is 3.74. The minimum Gasteiger partial charge on any atom is -0.482 e. The summed E-state index contributed by atoms with van der Waals surface area (Å²) in [6, 6.07) is 6.96. The Morgan fingerprint density at radius 3 is 2.84 bits per heavy atom. The molecule has 6 nitrogen and oxygen atoms in total. The van der Waals surface area contributed by atoms with Crippen molar-refractivity contribution in [3.8, 4) is 5.75 Å². The summed E-state index contributed by atoms with van der Waals surface area (Å²) in [6.45, 7) is 1.65. The van der Waals surface area contributed by atoms with Gasteiger partial charge in [0, 0.05) is 18.7 Å². The number of nitrogens with zero attached hydrogens (tertiary/aromatic N) is 1. The van der Waals surface area contributed by atoms with Crippen LogP contribution in [-0.2, 0) is 6.61 Å². The summed E-state index contributed by atoms with van der Waals surface area (Å²) in [5.41, 5.74) is 0.219. The summed E-state index contributed by atoms with van der Waals surface area (Å²) in [7, 11) is 0. The molecule has 0 bridgehead atoms. The van der Waals surface area contributed by atoms with E-state index in [0.717, 1.165) is 19.4 Å². The SMILES string of the molecule is Cl.O=C(NCC1CCCN1)c1cc(COc2c(Cl)cccc2Cl)on1. The van der Waals surface area contributed by atoms with E-state index >= 15 is 0 Å². The van der Waals surface area contributed by atoms with Crippen LogP contribution in [0, 0.1) is 0 Å². The van der Waals surface area contributed by atoms with E-state index in [4.69, 9.17) is 32.5 Å². The van der Waals surface area contributed by atoms with Gasteiger partial charge in [-0.1, -0.05) is 34.4 Å². The van der Waals surface area contributed by atoms with E-state index < -0.39 is 0 Å². The third kappa shape index (κ3) is 5.25. The first-order valence-corrected chi connectivity index (χ1v) is 8.43. The van der Waals surface area contributed by atoms with E-state index in [1.54, 1.807) is 24.3 Å². The lowest BCUT2D eigenvalue weighted by molar-refractivity contribution is 0.0941. The molecule has 1 saturated heterocycles. The second-order valence-electron chi connectivity index (χ2n) is 5.52. The van der Waals surface area contributed by atoms with Crippen molar-refractivity contribution in [1.29, 1.82) is 0 Å². The maximum Gasteiger partial charge on any atom is 0.273 e. The molecule has 9 heteroatoms. The van der Waals surface area contributed by atoms with Gasteiger partial charge in [0.15, 0.2) is 17.2 Å². The standard InChI is InChI=1S/C16H17Cl2N3O3.ClH/c17-12-4-1-5-13(18)15(12)23-9-11-7-14(21-24-11)16(22)20-8-10-3-2-6-19-10;/h1,4-5,7,10,19H,2-3,6,8-9H2,(H,20,22);1H. The van der Waals surface area contributed by atoms with Crippen LogP contribution in [0.1, 0.15) is 29.1 Å². The lowest BCUT2D eigenvalue weighted by atomic mass is 10.2. The van der Waals surface area contributed by atoms with Gasteiger partial charge in [-0.05, 0) is 31.5 Å². The van der Waals surface area contributed by atoms with Gasteiger partial charge in [-0.15, -0.1) is 12.4 Å². The van der Waals surface area contributed by atoms with Crippen molar-refractivity contribution in [3.63, 3.8) is 0 Å². The van der Waals surface area contributed by atoms with Gasteiger partial charge in [-0.3, -0.25) is 4.79 Å². The zero-order chi connectivity index (χ0) is 16.9. The Hall–Kier alpha value is -1.47. The van der Waals surface area contributed by atoms with E-state index in [-0.39, 0.29) is 30.6 Å². The van der Waals surface area contributed by atoms with Crippen molar-refractivity contribution < 1.29 is 14.1 Å². The lowest BCUT2D eigenvalue weighted by Crippen LogP contribution is -2.37. The van der Waals surface area contributed by atoms with E-state index in [9.17, 15) is 4.79 Å². The normalized spacial score (nSPS) is 16.3. The number of halogens is 3. The van der Waals surface area contributed by atoms with Gasteiger partial charge >= 0.3 is 0 Å². The Labute approximate surface area is 161 Å². The van der Waals surface area contributed by atoms with Crippen LogP contribution in [0.25, 0.3) is 0 Å². The van der Waals surface area contributed by atoms with Crippen molar-refractivity contribution >= 4 is 41.5 Å². The van der Waals surface area contributed by atoms with Gasteiger partial charge in [0.2, 0.25) is 0 Å². The molecule has 3 rings (SSSR count). The zero-order valence-electron chi connectivity index (χ0n) is 13.3. The van der Waals surface area contributed by atoms with Crippen molar-refractivity contribution in [2.45, 2.75) is 25.5 Å². The van der Waals surface area contributed by atoms with Crippen LogP contribution in [0.3, 0.4) is 0 Å². The topological polar surface area (TPSA) is 76.4 Å². The van der Waals surface area contributed by atoms with Crippen LogP contribution in [0.5, 0.6) is 5.75 Å². The van der Waals surface area contributed by atoms with E-state index in [0.29, 0.717) is 34.1 Å². The Bertz CT molecular complexity index is 697. The molecule has 1 aliphatic rings. The zero-order valence-corrected chi connectivity index (χ0v) is 15.6. The number of hydrogen-bond acceptors (Lipinski definition) is 5. The Morgan fingerprint density at radius 2 is 2.16 bits per heavy atom. The average molecular weight is 407 g/mol. The number of benzene rings is 1. The molecular weight excluding hydrogens is 389 g/mol. The molecule has 0 saturated carbocycles. The maximum atomic E-state index is 12.1. The molecule has 2 heterocycles. The largest absolute Gasteiger partial charge is 0.482 e. The fourth-order valence-corrected chi connectivity index (χ4v) is 3.00. The highest BCUT2D eigenvalue weighted by atomic mass is 35.5. The van der Waals surface area contributed by atoms with Crippen molar-refractivity contribution in [3.05, 3.63) is 45.8 Å². The Balaban J connectivity index is 0.00000225. The Morgan fingerprint density at radius 1 is 1.40 bits per heavy atom. The van der Waals surface area contributed by atoms with E-state index in [2.05, 4.69) is 15.8 Å². The molecule has 1 aliphatic heterocycles. The number of carbonyl (C=O) groups excluding carboxylic acids is 1. The summed E-state index contributed by atoms with van der Waals surface area (Å²) < 4.78 is 10.7. The predicted octanol–water partition coefficient (Wildman–Crippen LogP) is 3.46. The summed E-state index contributed by atoms with van der Waals surface area (Å²) >= 11 is 12.1. The number of carbonyl (C=O) groups is 1. The molecule has 0 spiro atoms. The van der Waals surface area contributed by atoms with Crippen LogP contribution in [0.4, 0.5) is 0 Å². The fraction of sp³-hybridized carbons (Fsp3) is 0.375. The minimum absolute atomic E-state index is 0. The average Bonchev–Trinajstić information content (AvgIpc) is 3.24. The highest BCUT2D eigenvalue weighted by molar-refractivity contribution is 6.37. The second-order valence-corrected chi connectivity index (χ2v) is 6.34. The van der Waals surface area contributed by atoms with E-state index in [1.165, 1.54) is 0 Å². The maximum absolute atomic E-state index is 12.1. The quantitative estimate of drug-likeness (QED) is 0.768. The molecule has 0 radical (unpaired) electrons. The number of para-hydroxylation sites is 1. The molecule has 0 aliphatic carbocycles. The number of nitrogens with one attached hydrogen (secondary N) is 2. The Kier molecular flexibility index (Phi) is 7.38. The molecule has 1 atom stereocenters. The van der Waals surface area contributed by atoms with Gasteiger partial charge in [0.25, 0.3) is 5.91 Å². The van der Waals surface area contributed by atoms with Crippen molar-refractivity contribution in [1.82, 2.24) is 15.8 Å². The molecule has 136 valence electrons. The highest BCUT2D eigenvalue weighted by Gasteiger charge is 2.18. The molecule has 1 aromatic carbocycles. The molecule has 1 aromatic heterocycles. The summed E-state index contributed by atoms with van der Waals surface area (Å²) in [4.78, 5) is 12.1. The van der Waals surface area contributed by atoms with Crippen LogP contribution in [-0.4, -0.2) is 30.2 Å². The molecule has 2 N–H and O–H groups in total. The fourth-order valence-electron chi connectivity index (χ4n) is 2.49. The molecule has 1 amide bonds. The van der Waals surface area contributed by atoms with Crippen LogP contribution < -0.4 is 15.4 Å². The van der Waals surface area contributed by atoms with Crippen molar-refractivity contribution in [2.24, 2.45) is 0 Å². The number of aromatic nitrogens is 1. The molecule has 2 aromatic rings. The molecule has 25 heavy (non-hydrogen) atoms. The van der Waals surface area contributed by atoms with E-state index in [1.807, 2.05) is 0 Å². The van der Waals surface area contributed by atoms with Gasteiger partial charge in [0.05, 0.1) is 10.0 Å².